The van der Waals surface area contributed by atoms with Gasteiger partial charge in [-0.05, 0) is 29.7 Å². The molecule has 27 heavy (non-hydrogen) atoms. The highest BCUT2D eigenvalue weighted by molar-refractivity contribution is 5.78. The summed E-state index contributed by atoms with van der Waals surface area (Å²) in [7, 11) is 0. The Morgan fingerprint density at radius 1 is 1.22 bits per heavy atom. The lowest BCUT2D eigenvalue weighted by Crippen LogP contribution is -2.17. The zero-order valence-corrected chi connectivity index (χ0v) is 14.2. The highest BCUT2D eigenvalue weighted by Crippen LogP contribution is 2.33. The van der Waals surface area contributed by atoms with Crippen LogP contribution in [0.25, 0.3) is 11.1 Å². The summed E-state index contributed by atoms with van der Waals surface area (Å²) in [6.07, 6.45) is 0.0453. The maximum absolute atomic E-state index is 12.5. The normalized spacial score (nSPS) is 11.4. The van der Waals surface area contributed by atoms with Crippen molar-refractivity contribution in [3.8, 4) is 16.9 Å². The molecular formula is C17H16F3N5O2. The molecular weight excluding hydrogens is 363 g/mol. The quantitative estimate of drug-likeness (QED) is 0.672. The van der Waals surface area contributed by atoms with Crippen LogP contribution in [0.3, 0.4) is 0 Å². The van der Waals surface area contributed by atoms with Crippen molar-refractivity contribution in [3.63, 3.8) is 0 Å². The Morgan fingerprint density at radius 3 is 2.70 bits per heavy atom. The first-order chi connectivity index (χ1) is 12.9. The molecule has 0 bridgehead atoms. The molecule has 0 unspecified atom stereocenters. The van der Waals surface area contributed by atoms with Gasteiger partial charge in [-0.25, -0.2) is 9.97 Å². The summed E-state index contributed by atoms with van der Waals surface area (Å²) in [4.78, 5) is 12.2. The first-order valence-electron chi connectivity index (χ1n) is 7.98. The molecule has 0 aliphatic carbocycles. The van der Waals surface area contributed by atoms with Crippen molar-refractivity contribution in [2.75, 3.05) is 11.1 Å². The summed E-state index contributed by atoms with van der Waals surface area (Å²) < 4.78 is 46.3. The van der Waals surface area contributed by atoms with E-state index in [1.165, 1.54) is 37.1 Å². The minimum absolute atomic E-state index is 0.0662. The van der Waals surface area contributed by atoms with Gasteiger partial charge in [-0.15, -0.1) is 13.2 Å². The number of nitrogens with zero attached hydrogens (tertiary/aromatic N) is 3. The van der Waals surface area contributed by atoms with E-state index in [1.807, 2.05) is 6.92 Å². The first-order valence-corrected chi connectivity index (χ1v) is 7.98. The number of rotatable bonds is 6. The van der Waals surface area contributed by atoms with Crippen LogP contribution in [0, 0.1) is 0 Å². The van der Waals surface area contributed by atoms with E-state index in [4.69, 9.17) is 10.2 Å². The SMILES string of the molecule is CCc1cc(OC(F)(F)F)ccc1-c1cnc(N)nc1NCc1cocn1. The van der Waals surface area contributed by atoms with Gasteiger partial charge in [0.05, 0.1) is 12.2 Å². The van der Waals surface area contributed by atoms with E-state index >= 15 is 0 Å². The Bertz CT molecular complexity index is 913. The number of hydrogen-bond donors (Lipinski definition) is 2. The number of aryl methyl sites for hydroxylation is 1. The number of benzene rings is 1. The molecule has 0 fully saturated rings. The third-order valence-corrected chi connectivity index (χ3v) is 3.71. The summed E-state index contributed by atoms with van der Waals surface area (Å²) in [5.41, 5.74) is 8.26. The number of nitrogen functional groups attached to an aromatic ring is 1. The predicted octanol–water partition coefficient (Wildman–Crippen LogP) is 3.79. The molecule has 3 N–H and O–H groups in total. The number of hydrogen-bond acceptors (Lipinski definition) is 7. The smallest absolute Gasteiger partial charge is 0.451 e. The summed E-state index contributed by atoms with van der Waals surface area (Å²) in [6, 6.07) is 4.14. The lowest BCUT2D eigenvalue weighted by molar-refractivity contribution is -0.274. The maximum atomic E-state index is 12.5. The lowest BCUT2D eigenvalue weighted by Gasteiger charge is -2.15. The van der Waals surface area contributed by atoms with Crippen molar-refractivity contribution >= 4 is 11.8 Å². The molecule has 142 valence electrons. The average molecular weight is 379 g/mol. The Hall–Kier alpha value is -3.30. The van der Waals surface area contributed by atoms with Crippen LogP contribution in [-0.4, -0.2) is 21.3 Å². The van der Waals surface area contributed by atoms with Crippen molar-refractivity contribution in [1.82, 2.24) is 15.0 Å². The standard InChI is InChI=1S/C17H16F3N5O2/c1-2-10-5-12(27-17(18,19)20)3-4-13(10)14-7-23-16(21)25-15(14)22-6-11-8-26-9-24-11/h3-5,7-9H,2,6H2,1H3,(H3,21,22,23,25). The molecule has 0 saturated carbocycles. The van der Waals surface area contributed by atoms with Crippen LogP contribution in [0.5, 0.6) is 5.75 Å². The second kappa shape index (κ2) is 7.52. The number of oxazole rings is 1. The maximum Gasteiger partial charge on any atom is 0.573 e. The molecule has 0 radical (unpaired) electrons. The molecule has 3 aromatic rings. The number of alkyl halides is 3. The van der Waals surface area contributed by atoms with Gasteiger partial charge in [-0.3, -0.25) is 0 Å². The number of anilines is 2. The minimum atomic E-state index is -4.75. The fourth-order valence-electron chi connectivity index (χ4n) is 2.55. The van der Waals surface area contributed by atoms with E-state index in [0.29, 0.717) is 41.2 Å². The summed E-state index contributed by atoms with van der Waals surface area (Å²) in [5.74, 6) is 0.220. The van der Waals surface area contributed by atoms with Crippen molar-refractivity contribution < 1.29 is 22.3 Å². The van der Waals surface area contributed by atoms with Gasteiger partial charge in [0.2, 0.25) is 5.95 Å². The van der Waals surface area contributed by atoms with Gasteiger partial charge in [-0.1, -0.05) is 13.0 Å². The van der Waals surface area contributed by atoms with E-state index in [-0.39, 0.29) is 11.7 Å². The van der Waals surface area contributed by atoms with E-state index in [2.05, 4.69) is 25.0 Å². The lowest BCUT2D eigenvalue weighted by atomic mass is 9.99. The van der Waals surface area contributed by atoms with Crippen molar-refractivity contribution in [1.29, 1.82) is 0 Å². The van der Waals surface area contributed by atoms with Gasteiger partial charge < -0.3 is 20.2 Å². The van der Waals surface area contributed by atoms with Crippen LogP contribution < -0.4 is 15.8 Å². The van der Waals surface area contributed by atoms with Crippen LogP contribution in [0.4, 0.5) is 24.9 Å². The van der Waals surface area contributed by atoms with Crippen LogP contribution in [0.1, 0.15) is 18.2 Å². The summed E-state index contributed by atoms with van der Waals surface area (Å²) >= 11 is 0. The topological polar surface area (TPSA) is 99.1 Å². The number of aromatic nitrogens is 3. The molecule has 0 aliphatic heterocycles. The van der Waals surface area contributed by atoms with Gasteiger partial charge in [0.15, 0.2) is 6.39 Å². The van der Waals surface area contributed by atoms with E-state index in [9.17, 15) is 13.2 Å². The van der Waals surface area contributed by atoms with Crippen LogP contribution in [0.15, 0.2) is 41.5 Å². The summed E-state index contributed by atoms with van der Waals surface area (Å²) in [6.45, 7) is 2.16. The van der Waals surface area contributed by atoms with Crippen LogP contribution in [0.2, 0.25) is 0 Å². The Balaban J connectivity index is 1.95. The Labute approximate surface area is 152 Å². The van der Waals surface area contributed by atoms with Crippen LogP contribution >= 0.6 is 0 Å². The van der Waals surface area contributed by atoms with Gasteiger partial charge in [0.25, 0.3) is 0 Å². The van der Waals surface area contributed by atoms with Gasteiger partial charge in [0.1, 0.15) is 17.8 Å². The van der Waals surface area contributed by atoms with Crippen molar-refractivity contribution in [2.24, 2.45) is 0 Å². The molecule has 0 spiro atoms. The highest BCUT2D eigenvalue weighted by Gasteiger charge is 2.31. The molecule has 1 aromatic carbocycles. The molecule has 10 heteroatoms. The monoisotopic (exact) mass is 379 g/mol. The number of halogens is 3. The Morgan fingerprint density at radius 2 is 2.04 bits per heavy atom. The predicted molar refractivity (Wildman–Crippen MR) is 91.8 cm³/mol. The zero-order valence-electron chi connectivity index (χ0n) is 14.2. The van der Waals surface area contributed by atoms with E-state index in [0.717, 1.165) is 0 Å². The molecule has 2 heterocycles. The molecule has 7 nitrogen and oxygen atoms in total. The largest absolute Gasteiger partial charge is 0.573 e. The third-order valence-electron chi connectivity index (χ3n) is 3.71. The van der Waals surface area contributed by atoms with Gasteiger partial charge in [0, 0.05) is 11.8 Å². The fraction of sp³-hybridized carbons (Fsp3) is 0.235. The van der Waals surface area contributed by atoms with Crippen molar-refractivity contribution in [2.45, 2.75) is 26.3 Å². The third kappa shape index (κ3) is 4.66. The second-order valence-electron chi connectivity index (χ2n) is 5.54. The van der Waals surface area contributed by atoms with E-state index in [1.54, 1.807) is 0 Å². The molecule has 0 aliphatic rings. The van der Waals surface area contributed by atoms with Gasteiger partial charge >= 0.3 is 6.36 Å². The molecule has 2 aromatic heterocycles. The van der Waals surface area contributed by atoms with Gasteiger partial charge in [-0.2, -0.15) is 4.98 Å². The Kier molecular flexibility index (Phi) is 5.15. The molecule has 3 rings (SSSR count). The summed E-state index contributed by atoms with van der Waals surface area (Å²) in [5, 5.41) is 3.09. The van der Waals surface area contributed by atoms with Crippen molar-refractivity contribution in [3.05, 3.63) is 48.3 Å². The molecule has 0 saturated heterocycles. The van der Waals surface area contributed by atoms with Crippen LogP contribution in [-0.2, 0) is 13.0 Å². The number of ether oxygens (including phenoxy) is 1. The second-order valence-corrected chi connectivity index (χ2v) is 5.54. The number of nitrogens with two attached hydrogens (primary N) is 1. The fourth-order valence-corrected chi connectivity index (χ4v) is 2.55. The first kappa shape index (κ1) is 18.5. The minimum Gasteiger partial charge on any atom is -0.451 e. The molecule has 0 amide bonds. The average Bonchev–Trinajstić information content (AvgIpc) is 3.12. The number of nitrogens with one attached hydrogen (secondary N) is 1. The molecule has 0 atom stereocenters. The highest BCUT2D eigenvalue weighted by atomic mass is 19.4. The van der Waals surface area contributed by atoms with E-state index < -0.39 is 6.36 Å². The zero-order chi connectivity index (χ0) is 19.4.